The lowest BCUT2D eigenvalue weighted by atomic mass is 10.1. The van der Waals surface area contributed by atoms with E-state index in [4.69, 9.17) is 0 Å². The lowest BCUT2D eigenvalue weighted by Gasteiger charge is -2.21. The second-order valence-electron chi connectivity index (χ2n) is 4.23. The predicted octanol–water partition coefficient (Wildman–Crippen LogP) is 4.23. The molecule has 0 saturated heterocycles. The Morgan fingerprint density at radius 1 is 1.12 bits per heavy atom. The molecule has 0 aliphatic carbocycles. The number of hydrogen-bond donors (Lipinski definition) is 0. The van der Waals surface area contributed by atoms with Gasteiger partial charge >= 0.3 is 0 Å². The number of benzene rings is 1. The molecule has 1 heterocycles. The van der Waals surface area contributed by atoms with Crippen LogP contribution in [0.15, 0.2) is 41.1 Å². The number of nitrogens with zero attached hydrogens (tertiary/aromatic N) is 2. The smallest absolute Gasteiger partial charge is 0.0595 e. The van der Waals surface area contributed by atoms with Crippen LogP contribution in [0.2, 0.25) is 0 Å². The Bertz CT molecular complexity index is 517. The van der Waals surface area contributed by atoms with Crippen LogP contribution in [0, 0.1) is 13.8 Å². The van der Waals surface area contributed by atoms with Gasteiger partial charge in [-0.15, -0.1) is 0 Å². The van der Waals surface area contributed by atoms with E-state index in [-0.39, 0.29) is 0 Å². The summed E-state index contributed by atoms with van der Waals surface area (Å²) in [5, 5.41) is 0. The Kier molecular flexibility index (Phi) is 3.48. The van der Waals surface area contributed by atoms with E-state index >= 15 is 0 Å². The molecule has 0 bridgehead atoms. The predicted molar refractivity (Wildman–Crippen MR) is 75.9 cm³/mol. The van der Waals surface area contributed by atoms with Crippen molar-refractivity contribution in [1.82, 2.24) is 4.98 Å². The van der Waals surface area contributed by atoms with Crippen LogP contribution in [0.25, 0.3) is 0 Å². The van der Waals surface area contributed by atoms with E-state index in [1.54, 1.807) is 6.20 Å². The van der Waals surface area contributed by atoms with Crippen molar-refractivity contribution in [3.8, 4) is 0 Å². The highest BCUT2D eigenvalue weighted by Gasteiger charge is 2.08. The van der Waals surface area contributed by atoms with Gasteiger partial charge in [0, 0.05) is 25.1 Å². The molecule has 3 heteroatoms. The van der Waals surface area contributed by atoms with Crippen molar-refractivity contribution in [2.75, 3.05) is 11.9 Å². The molecule has 2 rings (SSSR count). The van der Waals surface area contributed by atoms with E-state index < -0.39 is 0 Å². The van der Waals surface area contributed by atoms with Gasteiger partial charge in [-0.1, -0.05) is 6.07 Å². The maximum atomic E-state index is 4.08. The van der Waals surface area contributed by atoms with Gasteiger partial charge in [0.1, 0.15) is 0 Å². The average molecular weight is 291 g/mol. The highest BCUT2D eigenvalue weighted by atomic mass is 79.9. The molecule has 0 radical (unpaired) electrons. The number of pyridine rings is 1. The van der Waals surface area contributed by atoms with Crippen LogP contribution in [0.1, 0.15) is 11.1 Å². The first-order valence-corrected chi connectivity index (χ1v) is 6.29. The molecule has 0 fully saturated rings. The van der Waals surface area contributed by atoms with Crippen molar-refractivity contribution < 1.29 is 0 Å². The van der Waals surface area contributed by atoms with Crippen molar-refractivity contribution in [2.45, 2.75) is 13.8 Å². The van der Waals surface area contributed by atoms with Gasteiger partial charge < -0.3 is 4.90 Å². The van der Waals surface area contributed by atoms with Gasteiger partial charge in [0.2, 0.25) is 0 Å². The van der Waals surface area contributed by atoms with Gasteiger partial charge in [0.15, 0.2) is 0 Å². The van der Waals surface area contributed by atoms with Gasteiger partial charge in [0.05, 0.1) is 10.2 Å². The minimum Gasteiger partial charge on any atom is -0.344 e. The summed E-state index contributed by atoms with van der Waals surface area (Å²) < 4.78 is 1.00. The van der Waals surface area contributed by atoms with Crippen LogP contribution in [0.4, 0.5) is 11.4 Å². The average Bonchev–Trinajstić information content (AvgIpc) is 2.27. The largest absolute Gasteiger partial charge is 0.344 e. The van der Waals surface area contributed by atoms with Gasteiger partial charge in [0.25, 0.3) is 0 Å². The number of halogens is 1. The third kappa shape index (κ3) is 2.67. The van der Waals surface area contributed by atoms with Gasteiger partial charge in [-0.25, -0.2) is 0 Å². The van der Waals surface area contributed by atoms with Crippen molar-refractivity contribution in [3.05, 3.63) is 52.3 Å². The lowest BCUT2D eigenvalue weighted by Crippen LogP contribution is -2.10. The summed E-state index contributed by atoms with van der Waals surface area (Å²) in [4.78, 5) is 6.24. The van der Waals surface area contributed by atoms with E-state index in [0.29, 0.717) is 0 Å². The first kappa shape index (κ1) is 12.1. The zero-order valence-electron chi connectivity index (χ0n) is 10.2. The highest BCUT2D eigenvalue weighted by molar-refractivity contribution is 9.10. The monoisotopic (exact) mass is 290 g/mol. The molecule has 0 aliphatic rings. The zero-order valence-corrected chi connectivity index (χ0v) is 11.8. The van der Waals surface area contributed by atoms with Crippen LogP contribution < -0.4 is 4.90 Å². The molecule has 2 nitrogen and oxygen atoms in total. The lowest BCUT2D eigenvalue weighted by molar-refractivity contribution is 1.16. The van der Waals surface area contributed by atoms with E-state index in [1.165, 1.54) is 16.8 Å². The van der Waals surface area contributed by atoms with E-state index in [0.717, 1.165) is 10.2 Å². The Hall–Kier alpha value is -1.35. The molecule has 0 atom stereocenters. The van der Waals surface area contributed by atoms with E-state index in [1.807, 2.05) is 12.3 Å². The zero-order chi connectivity index (χ0) is 12.4. The standard InChI is InChI=1S/C14H15BrN2/c1-10-6-11(2)8-12(7-10)17(3)14-4-5-16-9-13(14)15/h4-9H,1-3H3. The summed E-state index contributed by atoms with van der Waals surface area (Å²) >= 11 is 3.53. The molecule has 2 aromatic rings. The molecule has 1 aromatic carbocycles. The quantitative estimate of drug-likeness (QED) is 0.823. The minimum atomic E-state index is 1.00. The number of rotatable bonds is 2. The van der Waals surface area contributed by atoms with Crippen molar-refractivity contribution in [1.29, 1.82) is 0 Å². The van der Waals surface area contributed by atoms with Crippen LogP contribution in [0.5, 0.6) is 0 Å². The van der Waals surface area contributed by atoms with Gasteiger partial charge in [-0.05, 0) is 59.1 Å². The Morgan fingerprint density at radius 2 is 1.76 bits per heavy atom. The summed E-state index contributed by atoms with van der Waals surface area (Å²) in [6.45, 7) is 4.23. The number of aryl methyl sites for hydroxylation is 2. The molecule has 0 unspecified atom stereocenters. The number of anilines is 2. The fourth-order valence-corrected chi connectivity index (χ4v) is 2.44. The third-order valence-electron chi connectivity index (χ3n) is 2.71. The molecule has 0 amide bonds. The summed E-state index contributed by atoms with van der Waals surface area (Å²) in [5.74, 6) is 0. The Balaban J connectivity index is 2.43. The maximum absolute atomic E-state index is 4.08. The molecular formula is C14H15BrN2. The van der Waals surface area contributed by atoms with E-state index in [9.17, 15) is 0 Å². The first-order chi connectivity index (χ1) is 8.08. The Labute approximate surface area is 110 Å². The number of aromatic nitrogens is 1. The molecule has 0 spiro atoms. The molecule has 0 saturated carbocycles. The van der Waals surface area contributed by atoms with Gasteiger partial charge in [-0.2, -0.15) is 0 Å². The first-order valence-electron chi connectivity index (χ1n) is 5.49. The molecule has 0 N–H and O–H groups in total. The number of hydrogen-bond acceptors (Lipinski definition) is 2. The molecule has 17 heavy (non-hydrogen) atoms. The topological polar surface area (TPSA) is 16.1 Å². The van der Waals surface area contributed by atoms with Gasteiger partial charge in [-0.3, -0.25) is 4.98 Å². The van der Waals surface area contributed by atoms with Crippen molar-refractivity contribution in [2.24, 2.45) is 0 Å². The minimum absolute atomic E-state index is 1.00. The highest BCUT2D eigenvalue weighted by Crippen LogP contribution is 2.30. The van der Waals surface area contributed by atoms with Crippen LogP contribution >= 0.6 is 15.9 Å². The maximum Gasteiger partial charge on any atom is 0.0595 e. The van der Waals surface area contributed by atoms with Crippen molar-refractivity contribution >= 4 is 27.3 Å². The van der Waals surface area contributed by atoms with Crippen molar-refractivity contribution in [3.63, 3.8) is 0 Å². The molecule has 0 aliphatic heterocycles. The summed E-state index contributed by atoms with van der Waals surface area (Å²) in [5.41, 5.74) is 4.86. The SMILES string of the molecule is Cc1cc(C)cc(N(C)c2ccncc2Br)c1. The van der Waals surface area contributed by atoms with Crippen LogP contribution in [0.3, 0.4) is 0 Å². The summed E-state index contributed by atoms with van der Waals surface area (Å²) in [6, 6.07) is 8.54. The Morgan fingerprint density at radius 3 is 2.35 bits per heavy atom. The van der Waals surface area contributed by atoms with Crippen LogP contribution in [-0.4, -0.2) is 12.0 Å². The molecule has 1 aromatic heterocycles. The fraction of sp³-hybridized carbons (Fsp3) is 0.214. The second kappa shape index (κ2) is 4.88. The summed E-state index contributed by atoms with van der Waals surface area (Å²) in [7, 11) is 2.06. The molecule has 88 valence electrons. The second-order valence-corrected chi connectivity index (χ2v) is 5.09. The van der Waals surface area contributed by atoms with E-state index in [2.05, 4.69) is 64.9 Å². The molecular weight excluding hydrogens is 276 g/mol. The normalized spacial score (nSPS) is 10.4. The fourth-order valence-electron chi connectivity index (χ4n) is 1.92. The summed E-state index contributed by atoms with van der Waals surface area (Å²) in [6.07, 6.45) is 3.62. The third-order valence-corrected chi connectivity index (χ3v) is 3.32. The van der Waals surface area contributed by atoms with Crippen LogP contribution in [-0.2, 0) is 0 Å².